The van der Waals surface area contributed by atoms with Gasteiger partial charge in [0, 0.05) is 5.02 Å². The Hall–Kier alpha value is -1.37. The molecule has 0 saturated carbocycles. The van der Waals surface area contributed by atoms with Gasteiger partial charge >= 0.3 is 18.1 Å². The summed E-state index contributed by atoms with van der Waals surface area (Å²) in [6.45, 7) is 1.47. The highest BCUT2D eigenvalue weighted by molar-refractivity contribution is 6.31. The first-order valence-corrected chi connectivity index (χ1v) is 4.86. The number of carbonyl (C=O) groups is 1. The van der Waals surface area contributed by atoms with E-state index in [1.54, 1.807) is 0 Å². The maximum Gasteiger partial charge on any atom is 0.465 e. The van der Waals surface area contributed by atoms with Crippen molar-refractivity contribution in [3.8, 4) is 5.75 Å². The maximum absolute atomic E-state index is 12.6. The van der Waals surface area contributed by atoms with Crippen molar-refractivity contribution in [2.24, 2.45) is 0 Å². The summed E-state index contributed by atoms with van der Waals surface area (Å²) < 4.78 is 64.7. The van der Waals surface area contributed by atoms with Crippen molar-refractivity contribution in [3.05, 3.63) is 28.8 Å². The lowest BCUT2D eigenvalue weighted by molar-refractivity contribution is -0.276. The van der Waals surface area contributed by atoms with E-state index in [0.717, 1.165) is 12.1 Å². The van der Waals surface area contributed by atoms with Gasteiger partial charge in [-0.15, -0.1) is 0 Å². The van der Waals surface area contributed by atoms with Crippen LogP contribution in [-0.2, 0) is 4.79 Å². The molecule has 0 fully saturated rings. The molecule has 2 nitrogen and oxygen atoms in total. The lowest BCUT2D eigenvalue weighted by Gasteiger charge is -2.17. The summed E-state index contributed by atoms with van der Waals surface area (Å²) in [4.78, 5) is 10.8. The molecule has 0 aliphatic heterocycles. The molecule has 0 unspecified atom stereocenters. The minimum atomic E-state index is -5.99. The highest BCUT2D eigenvalue weighted by Gasteiger charge is 2.65. The highest BCUT2D eigenvalue weighted by atomic mass is 35.5. The fourth-order valence-electron chi connectivity index (χ4n) is 0.968. The highest BCUT2D eigenvalue weighted by Crippen LogP contribution is 2.36. The Kier molecular flexibility index (Phi) is 3.85. The largest absolute Gasteiger partial charge is 0.465 e. The summed E-state index contributed by atoms with van der Waals surface area (Å²) in [6.07, 6.45) is -5.99. The summed E-state index contributed by atoms with van der Waals surface area (Å²) in [6, 6.07) is 3.30. The monoisotopic (exact) mass is 288 g/mol. The van der Waals surface area contributed by atoms with Crippen molar-refractivity contribution < 1.29 is 31.5 Å². The van der Waals surface area contributed by atoms with E-state index >= 15 is 0 Å². The maximum atomic E-state index is 12.6. The zero-order valence-corrected chi connectivity index (χ0v) is 9.57. The zero-order valence-electron chi connectivity index (χ0n) is 8.82. The number of ether oxygens (including phenoxy) is 1. The molecule has 0 heterocycles. The van der Waals surface area contributed by atoms with Crippen LogP contribution in [0.5, 0.6) is 5.75 Å². The van der Waals surface area contributed by atoms with Gasteiger partial charge in [0.25, 0.3) is 0 Å². The van der Waals surface area contributed by atoms with Crippen LogP contribution in [0.1, 0.15) is 5.56 Å². The summed E-state index contributed by atoms with van der Waals surface area (Å²) >= 11 is 5.61. The smallest absolute Gasteiger partial charge is 0.422 e. The minimum Gasteiger partial charge on any atom is -0.422 e. The summed E-state index contributed by atoms with van der Waals surface area (Å²) in [5, 5.41) is 0.261. The van der Waals surface area contributed by atoms with Crippen molar-refractivity contribution in [3.63, 3.8) is 0 Å². The van der Waals surface area contributed by atoms with Crippen molar-refractivity contribution in [2.75, 3.05) is 0 Å². The molecule has 0 saturated heterocycles. The number of aryl methyl sites for hydroxylation is 1. The van der Waals surface area contributed by atoms with Gasteiger partial charge < -0.3 is 4.74 Å². The van der Waals surface area contributed by atoms with Crippen LogP contribution in [0, 0.1) is 6.92 Å². The Labute approximate surface area is 103 Å². The van der Waals surface area contributed by atoms with Crippen LogP contribution in [0.15, 0.2) is 18.2 Å². The molecule has 0 N–H and O–H groups in total. The molecule has 0 spiro atoms. The van der Waals surface area contributed by atoms with Gasteiger partial charge in [0.2, 0.25) is 0 Å². The Bertz CT molecular complexity index is 470. The second-order valence-corrected chi connectivity index (χ2v) is 3.78. The van der Waals surface area contributed by atoms with E-state index in [9.17, 15) is 26.7 Å². The molecule has 1 aromatic rings. The van der Waals surface area contributed by atoms with E-state index in [4.69, 9.17) is 11.6 Å². The minimum absolute atomic E-state index is 0.261. The van der Waals surface area contributed by atoms with Gasteiger partial charge in [-0.2, -0.15) is 22.0 Å². The number of benzene rings is 1. The molecule has 100 valence electrons. The molecule has 0 bridgehead atoms. The fraction of sp³-hybridized carbons (Fsp3) is 0.300. The first kappa shape index (κ1) is 14.7. The molecule has 0 radical (unpaired) electrons. The van der Waals surface area contributed by atoms with Crippen LogP contribution in [0.4, 0.5) is 22.0 Å². The second kappa shape index (κ2) is 4.72. The Morgan fingerprint density at radius 2 is 1.78 bits per heavy atom. The number of alkyl halides is 5. The first-order valence-electron chi connectivity index (χ1n) is 4.48. The lowest BCUT2D eigenvalue weighted by Crippen LogP contribution is -2.46. The number of halogens is 6. The van der Waals surface area contributed by atoms with Crippen molar-refractivity contribution in [1.82, 2.24) is 0 Å². The van der Waals surface area contributed by atoms with Crippen LogP contribution in [0.3, 0.4) is 0 Å². The van der Waals surface area contributed by atoms with Crippen LogP contribution in [0.2, 0.25) is 5.02 Å². The van der Waals surface area contributed by atoms with Crippen molar-refractivity contribution >= 4 is 17.6 Å². The standard InChI is InChI=1S/C10H6ClF5O2/c1-5-4-6(2-3-7(5)11)18-8(17)9(12,13)10(14,15)16/h2-4H,1H3. The quantitative estimate of drug-likeness (QED) is 0.471. The first-order chi connectivity index (χ1) is 8.05. The predicted molar refractivity (Wildman–Crippen MR) is 52.8 cm³/mol. The molecule has 8 heteroatoms. The third kappa shape index (κ3) is 2.90. The van der Waals surface area contributed by atoms with Crippen LogP contribution in [-0.4, -0.2) is 18.1 Å². The van der Waals surface area contributed by atoms with E-state index in [1.807, 2.05) is 0 Å². The van der Waals surface area contributed by atoms with Gasteiger partial charge in [0.15, 0.2) is 0 Å². The molecule has 18 heavy (non-hydrogen) atoms. The number of hydrogen-bond acceptors (Lipinski definition) is 2. The van der Waals surface area contributed by atoms with Gasteiger partial charge in [0.05, 0.1) is 0 Å². The summed E-state index contributed by atoms with van der Waals surface area (Å²) in [5.41, 5.74) is 0.372. The van der Waals surface area contributed by atoms with E-state index < -0.39 is 23.8 Å². The van der Waals surface area contributed by atoms with Gasteiger partial charge in [0.1, 0.15) is 5.75 Å². The fourth-order valence-corrected chi connectivity index (χ4v) is 1.09. The van der Waals surface area contributed by atoms with Gasteiger partial charge in [-0.3, -0.25) is 0 Å². The van der Waals surface area contributed by atoms with Crippen LogP contribution < -0.4 is 4.74 Å². The lowest BCUT2D eigenvalue weighted by atomic mass is 10.2. The second-order valence-electron chi connectivity index (χ2n) is 3.37. The Balaban J connectivity index is 2.91. The number of esters is 1. The normalized spacial score (nSPS) is 12.4. The molecule has 1 rings (SSSR count). The third-order valence-corrected chi connectivity index (χ3v) is 2.38. The molecule has 0 aliphatic rings. The number of carbonyl (C=O) groups excluding carboxylic acids is 1. The van der Waals surface area contributed by atoms with Crippen molar-refractivity contribution in [2.45, 2.75) is 19.0 Å². The molecular formula is C10H6ClF5O2. The molecule has 0 amide bonds. The van der Waals surface area contributed by atoms with Crippen molar-refractivity contribution in [1.29, 1.82) is 0 Å². The Morgan fingerprint density at radius 1 is 1.22 bits per heavy atom. The van der Waals surface area contributed by atoms with Gasteiger partial charge in [-0.05, 0) is 30.7 Å². The zero-order chi connectivity index (χ0) is 14.1. The molecule has 0 aliphatic carbocycles. The predicted octanol–water partition coefficient (Wildman–Crippen LogP) is 3.75. The van der Waals surface area contributed by atoms with Gasteiger partial charge in [-0.25, -0.2) is 4.79 Å². The average Bonchev–Trinajstić information content (AvgIpc) is 2.21. The topological polar surface area (TPSA) is 26.3 Å². The molecule has 0 aromatic heterocycles. The third-order valence-electron chi connectivity index (χ3n) is 1.95. The van der Waals surface area contributed by atoms with Crippen LogP contribution in [0.25, 0.3) is 0 Å². The van der Waals surface area contributed by atoms with E-state index in [-0.39, 0.29) is 5.02 Å². The van der Waals surface area contributed by atoms with E-state index in [1.165, 1.54) is 13.0 Å². The Morgan fingerprint density at radius 3 is 2.22 bits per heavy atom. The van der Waals surface area contributed by atoms with E-state index in [0.29, 0.717) is 5.56 Å². The summed E-state index contributed by atoms with van der Waals surface area (Å²) in [7, 11) is 0. The molecule has 1 aromatic carbocycles. The summed E-state index contributed by atoms with van der Waals surface area (Å²) in [5.74, 6) is -8.68. The molecular weight excluding hydrogens is 283 g/mol. The number of hydrogen-bond donors (Lipinski definition) is 0. The molecule has 0 atom stereocenters. The van der Waals surface area contributed by atoms with E-state index in [2.05, 4.69) is 4.74 Å². The number of rotatable bonds is 2. The SMILES string of the molecule is Cc1cc(OC(=O)C(F)(F)C(F)(F)F)ccc1Cl. The average molecular weight is 289 g/mol. The van der Waals surface area contributed by atoms with Gasteiger partial charge in [-0.1, -0.05) is 11.6 Å². The van der Waals surface area contributed by atoms with Crippen LogP contribution >= 0.6 is 11.6 Å².